The monoisotopic (exact) mass is 450 g/mol. The van der Waals surface area contributed by atoms with Gasteiger partial charge in [0.15, 0.2) is 5.82 Å². The van der Waals surface area contributed by atoms with Crippen molar-refractivity contribution in [2.45, 2.75) is 25.9 Å². The fraction of sp³-hybridized carbons (Fsp3) is 0.208. The quantitative estimate of drug-likeness (QED) is 0.373. The Kier molecular flexibility index (Phi) is 5.86. The summed E-state index contributed by atoms with van der Waals surface area (Å²) in [6.45, 7) is 3.75. The Morgan fingerprint density at radius 3 is 2.59 bits per heavy atom. The number of aromatic nitrogens is 3. The largest absolute Gasteiger partial charge is 0.394 e. The van der Waals surface area contributed by atoms with E-state index in [1.165, 1.54) is 6.20 Å². The van der Waals surface area contributed by atoms with Gasteiger partial charge in [0, 0.05) is 28.7 Å². The molecule has 0 aliphatic heterocycles. The van der Waals surface area contributed by atoms with Gasteiger partial charge in [0.05, 0.1) is 23.9 Å². The van der Waals surface area contributed by atoms with Crippen molar-refractivity contribution < 1.29 is 14.7 Å². The molecule has 0 spiro atoms. The van der Waals surface area contributed by atoms with Crippen molar-refractivity contribution in [3.05, 3.63) is 88.6 Å². The molecule has 2 aromatic heterocycles. The van der Waals surface area contributed by atoms with Crippen molar-refractivity contribution in [3.8, 4) is 0 Å². The molecular weight excluding hydrogens is 428 g/mol. The number of carbonyl (C=O) groups is 2. The van der Waals surface area contributed by atoms with E-state index < -0.39 is 11.4 Å². The molecule has 3 N–H and O–H groups in total. The summed E-state index contributed by atoms with van der Waals surface area (Å²) in [5.74, 6) is -0.677. The van der Waals surface area contributed by atoms with Gasteiger partial charge < -0.3 is 20.0 Å². The number of hydrogen-bond donors (Lipinski definition) is 3. The normalized spacial score (nSPS) is 11.6. The van der Waals surface area contributed by atoms with E-state index in [-0.39, 0.29) is 23.9 Å². The highest BCUT2D eigenvalue weighted by atomic mass is 35.5. The van der Waals surface area contributed by atoms with Crippen LogP contribution in [0.4, 0.5) is 0 Å². The highest BCUT2D eigenvalue weighted by Crippen LogP contribution is 2.24. The number of aromatic amines is 1. The van der Waals surface area contributed by atoms with Crippen LogP contribution in [0.5, 0.6) is 0 Å². The maximum Gasteiger partial charge on any atom is 0.269 e. The number of benzene rings is 2. The first-order valence-electron chi connectivity index (χ1n) is 10.1. The molecule has 2 heterocycles. The predicted molar refractivity (Wildman–Crippen MR) is 123 cm³/mol. The van der Waals surface area contributed by atoms with E-state index >= 15 is 0 Å². The Morgan fingerprint density at radius 2 is 1.88 bits per heavy atom. The van der Waals surface area contributed by atoms with Crippen LogP contribution in [-0.4, -0.2) is 43.5 Å². The van der Waals surface area contributed by atoms with Gasteiger partial charge >= 0.3 is 0 Å². The third kappa shape index (κ3) is 4.44. The summed E-state index contributed by atoms with van der Waals surface area (Å²) < 4.78 is 2.01. The molecule has 164 valence electrons. The zero-order valence-electron chi connectivity index (χ0n) is 17.7. The Balaban J connectivity index is 1.64. The molecule has 0 radical (unpaired) electrons. The number of amides is 1. The van der Waals surface area contributed by atoms with Crippen LogP contribution < -0.4 is 5.32 Å². The Hall–Kier alpha value is -3.42. The molecule has 0 unspecified atom stereocenters. The third-order valence-corrected chi connectivity index (χ3v) is 5.43. The lowest BCUT2D eigenvalue weighted by molar-refractivity contribution is 0.0864. The summed E-state index contributed by atoms with van der Waals surface area (Å²) >= 11 is 5.99. The minimum absolute atomic E-state index is 0.0753. The molecule has 0 aliphatic carbocycles. The van der Waals surface area contributed by atoms with Gasteiger partial charge in [0.1, 0.15) is 5.69 Å². The first kappa shape index (κ1) is 21.8. The molecule has 0 aliphatic rings. The standard InChI is InChI=1S/C24H23ClN4O3/c1-24(2,14-30)28-23(32)19-11-26-22(27-19)21(31)18-13-29(20-6-4-3-5-17(18)20)12-15-7-9-16(25)10-8-15/h3-11,13,30H,12,14H2,1-2H3,(H,26,27)(H,28,32). The van der Waals surface area contributed by atoms with Crippen LogP contribution in [0.25, 0.3) is 10.9 Å². The SMILES string of the molecule is CC(C)(CO)NC(=O)c1cnc(C(=O)c2cn(Cc3ccc(Cl)cc3)c3ccccc23)[nH]1. The average molecular weight is 451 g/mol. The maximum absolute atomic E-state index is 13.3. The molecule has 4 rings (SSSR count). The van der Waals surface area contributed by atoms with E-state index in [9.17, 15) is 14.7 Å². The molecule has 0 bridgehead atoms. The number of halogens is 1. The topological polar surface area (TPSA) is 100 Å². The van der Waals surface area contributed by atoms with E-state index in [2.05, 4.69) is 15.3 Å². The number of rotatable bonds is 7. The van der Waals surface area contributed by atoms with E-state index in [1.54, 1.807) is 20.0 Å². The summed E-state index contributed by atoms with van der Waals surface area (Å²) in [7, 11) is 0. The van der Waals surface area contributed by atoms with Gasteiger partial charge in [0.25, 0.3) is 5.91 Å². The van der Waals surface area contributed by atoms with Gasteiger partial charge in [-0.15, -0.1) is 0 Å². The van der Waals surface area contributed by atoms with E-state index in [0.717, 1.165) is 16.5 Å². The lowest BCUT2D eigenvalue weighted by Crippen LogP contribution is -2.46. The van der Waals surface area contributed by atoms with Crippen molar-refractivity contribution in [1.29, 1.82) is 0 Å². The van der Waals surface area contributed by atoms with Gasteiger partial charge in [-0.25, -0.2) is 4.98 Å². The van der Waals surface area contributed by atoms with Crippen molar-refractivity contribution in [1.82, 2.24) is 19.9 Å². The minimum atomic E-state index is -0.790. The molecule has 1 amide bonds. The Bertz CT molecular complexity index is 1290. The predicted octanol–water partition coefficient (Wildman–Crippen LogP) is 3.80. The van der Waals surface area contributed by atoms with Gasteiger partial charge in [0.2, 0.25) is 5.78 Å². The highest BCUT2D eigenvalue weighted by Gasteiger charge is 2.24. The van der Waals surface area contributed by atoms with Crippen LogP contribution in [0.3, 0.4) is 0 Å². The number of aliphatic hydroxyl groups is 1. The fourth-order valence-corrected chi connectivity index (χ4v) is 3.56. The highest BCUT2D eigenvalue weighted by molar-refractivity contribution is 6.30. The van der Waals surface area contributed by atoms with Crippen molar-refractivity contribution in [3.63, 3.8) is 0 Å². The number of fused-ring (bicyclic) bond motifs is 1. The van der Waals surface area contributed by atoms with Gasteiger partial charge in [-0.1, -0.05) is 41.9 Å². The minimum Gasteiger partial charge on any atom is -0.394 e. The lowest BCUT2D eigenvalue weighted by Gasteiger charge is -2.22. The summed E-state index contributed by atoms with van der Waals surface area (Å²) in [4.78, 5) is 32.6. The number of nitrogens with zero attached hydrogens (tertiary/aromatic N) is 2. The molecule has 2 aromatic carbocycles. The molecule has 0 saturated heterocycles. The van der Waals surface area contributed by atoms with Crippen molar-refractivity contribution in [2.75, 3.05) is 6.61 Å². The van der Waals surface area contributed by atoms with E-state index in [0.29, 0.717) is 17.1 Å². The van der Waals surface area contributed by atoms with Crippen LogP contribution in [0.1, 0.15) is 46.1 Å². The number of carbonyl (C=O) groups excluding carboxylic acids is 2. The molecule has 0 fully saturated rings. The number of ketones is 1. The lowest BCUT2D eigenvalue weighted by atomic mass is 10.1. The van der Waals surface area contributed by atoms with Gasteiger partial charge in [-0.05, 0) is 37.6 Å². The van der Waals surface area contributed by atoms with Crippen LogP contribution in [-0.2, 0) is 6.54 Å². The second-order valence-electron chi connectivity index (χ2n) is 8.29. The summed E-state index contributed by atoms with van der Waals surface area (Å²) in [6.07, 6.45) is 3.13. The van der Waals surface area contributed by atoms with Crippen LogP contribution in [0.15, 0.2) is 60.9 Å². The molecule has 0 saturated carbocycles. The van der Waals surface area contributed by atoms with Crippen LogP contribution in [0, 0.1) is 0 Å². The summed E-state index contributed by atoms with van der Waals surface area (Å²) in [5.41, 5.74) is 1.82. The zero-order valence-corrected chi connectivity index (χ0v) is 18.5. The molecule has 4 aromatic rings. The fourth-order valence-electron chi connectivity index (χ4n) is 3.44. The molecule has 0 atom stereocenters. The van der Waals surface area contributed by atoms with Gasteiger partial charge in [-0.2, -0.15) is 0 Å². The molecule has 32 heavy (non-hydrogen) atoms. The molecular formula is C24H23ClN4O3. The van der Waals surface area contributed by atoms with E-state index in [1.807, 2.05) is 53.1 Å². The number of imidazole rings is 1. The van der Waals surface area contributed by atoms with Crippen LogP contribution in [0.2, 0.25) is 5.02 Å². The first-order valence-corrected chi connectivity index (χ1v) is 10.5. The third-order valence-electron chi connectivity index (χ3n) is 5.18. The molecule has 7 nitrogen and oxygen atoms in total. The van der Waals surface area contributed by atoms with Gasteiger partial charge in [-0.3, -0.25) is 9.59 Å². The Morgan fingerprint density at radius 1 is 1.16 bits per heavy atom. The summed E-state index contributed by atoms with van der Waals surface area (Å²) in [6, 6.07) is 15.2. The zero-order chi connectivity index (χ0) is 22.9. The summed E-state index contributed by atoms with van der Waals surface area (Å²) in [5, 5.41) is 13.5. The maximum atomic E-state index is 13.3. The number of aliphatic hydroxyl groups excluding tert-OH is 1. The smallest absolute Gasteiger partial charge is 0.269 e. The number of nitrogens with one attached hydrogen (secondary N) is 2. The second-order valence-corrected chi connectivity index (χ2v) is 8.72. The number of H-pyrrole nitrogens is 1. The van der Waals surface area contributed by atoms with Crippen molar-refractivity contribution in [2.24, 2.45) is 0 Å². The number of hydrogen-bond acceptors (Lipinski definition) is 4. The number of para-hydroxylation sites is 1. The Labute approximate surface area is 190 Å². The van der Waals surface area contributed by atoms with Crippen LogP contribution >= 0.6 is 11.6 Å². The molecule has 8 heteroatoms. The second kappa shape index (κ2) is 8.61. The first-order chi connectivity index (χ1) is 15.3. The average Bonchev–Trinajstić information content (AvgIpc) is 3.41. The van der Waals surface area contributed by atoms with E-state index in [4.69, 9.17) is 11.6 Å². The van der Waals surface area contributed by atoms with Crippen molar-refractivity contribution >= 4 is 34.2 Å².